The maximum absolute atomic E-state index is 11.8. The van der Waals surface area contributed by atoms with E-state index in [4.69, 9.17) is 0 Å². The van der Waals surface area contributed by atoms with Crippen molar-refractivity contribution in [2.45, 2.75) is 25.8 Å². The van der Waals surface area contributed by atoms with Crippen molar-refractivity contribution in [2.75, 3.05) is 11.9 Å². The van der Waals surface area contributed by atoms with Crippen LogP contribution in [0.2, 0.25) is 0 Å². The summed E-state index contributed by atoms with van der Waals surface area (Å²) in [6, 6.07) is 9.62. The third kappa shape index (κ3) is 3.84. The van der Waals surface area contributed by atoms with Crippen LogP contribution in [0, 0.1) is 5.92 Å². The van der Waals surface area contributed by atoms with E-state index in [1.54, 1.807) is 6.20 Å². The molecule has 2 N–H and O–H groups in total. The Morgan fingerprint density at radius 3 is 2.71 bits per heavy atom. The minimum absolute atomic E-state index is 0.123. The van der Waals surface area contributed by atoms with E-state index < -0.39 is 0 Å². The summed E-state index contributed by atoms with van der Waals surface area (Å²) < 4.78 is 1.87. The highest BCUT2D eigenvalue weighted by Crippen LogP contribution is 2.25. The van der Waals surface area contributed by atoms with Gasteiger partial charge in [-0.05, 0) is 42.5 Å². The molecule has 1 fully saturated rings. The average molecular weight is 284 g/mol. The predicted octanol–water partition coefficient (Wildman–Crippen LogP) is 2.85. The van der Waals surface area contributed by atoms with Gasteiger partial charge in [-0.25, -0.2) is 4.79 Å². The lowest BCUT2D eigenvalue weighted by atomic mass is 9.85. The number of amides is 2. The van der Waals surface area contributed by atoms with Crippen LogP contribution in [0.15, 0.2) is 42.7 Å². The number of aromatic nitrogens is 2. The highest BCUT2D eigenvalue weighted by Gasteiger charge is 2.17. The number of benzene rings is 1. The molecule has 1 aliphatic carbocycles. The van der Waals surface area contributed by atoms with Crippen LogP contribution in [0.5, 0.6) is 0 Å². The van der Waals surface area contributed by atoms with Gasteiger partial charge >= 0.3 is 6.03 Å². The smallest absolute Gasteiger partial charge is 0.319 e. The molecular weight excluding hydrogens is 264 g/mol. The van der Waals surface area contributed by atoms with E-state index in [2.05, 4.69) is 15.7 Å². The maximum atomic E-state index is 11.8. The Balaban J connectivity index is 1.48. The summed E-state index contributed by atoms with van der Waals surface area (Å²) in [5.74, 6) is 0.673. The summed E-state index contributed by atoms with van der Waals surface area (Å²) in [5.41, 5.74) is 1.96. The zero-order valence-corrected chi connectivity index (χ0v) is 12.0. The number of hydrogen-bond acceptors (Lipinski definition) is 2. The number of nitrogens with zero attached hydrogens (tertiary/aromatic N) is 2. The van der Waals surface area contributed by atoms with E-state index in [1.165, 1.54) is 19.3 Å². The van der Waals surface area contributed by atoms with Crippen molar-refractivity contribution in [2.24, 2.45) is 5.92 Å². The van der Waals surface area contributed by atoms with Gasteiger partial charge < -0.3 is 10.6 Å². The van der Waals surface area contributed by atoms with Crippen LogP contribution in [0.25, 0.3) is 0 Å². The third-order valence-corrected chi connectivity index (χ3v) is 3.89. The van der Waals surface area contributed by atoms with Gasteiger partial charge in [0.15, 0.2) is 0 Å². The molecule has 0 saturated heterocycles. The molecule has 1 aromatic carbocycles. The van der Waals surface area contributed by atoms with Gasteiger partial charge in [0.05, 0.1) is 6.54 Å². The third-order valence-electron chi connectivity index (χ3n) is 3.89. The minimum atomic E-state index is -0.123. The summed E-state index contributed by atoms with van der Waals surface area (Å²) in [6.07, 6.45) is 7.47. The molecule has 2 amide bonds. The summed E-state index contributed by atoms with van der Waals surface area (Å²) in [4.78, 5) is 11.8. The fourth-order valence-corrected chi connectivity index (χ4v) is 2.38. The lowest BCUT2D eigenvalue weighted by molar-refractivity contribution is 0.243. The zero-order valence-electron chi connectivity index (χ0n) is 12.0. The minimum Gasteiger partial charge on any atom is -0.338 e. The second-order valence-corrected chi connectivity index (χ2v) is 5.53. The zero-order chi connectivity index (χ0) is 14.5. The van der Waals surface area contributed by atoms with E-state index in [1.807, 2.05) is 41.2 Å². The Kier molecular flexibility index (Phi) is 4.19. The Hall–Kier alpha value is -2.30. The summed E-state index contributed by atoms with van der Waals surface area (Å²) in [6.45, 7) is 1.52. The number of rotatable bonds is 5. The largest absolute Gasteiger partial charge is 0.338 e. The second kappa shape index (κ2) is 6.43. The monoisotopic (exact) mass is 284 g/mol. The van der Waals surface area contributed by atoms with Gasteiger partial charge in [0.1, 0.15) is 0 Å². The molecule has 21 heavy (non-hydrogen) atoms. The SMILES string of the molecule is O=C(NCC1CCC1)Nc1ccc(Cn2cccn2)cc1. The van der Waals surface area contributed by atoms with Crippen LogP contribution in [0.4, 0.5) is 10.5 Å². The molecular formula is C16H20N4O. The topological polar surface area (TPSA) is 59.0 Å². The van der Waals surface area contributed by atoms with Crippen molar-refractivity contribution in [3.05, 3.63) is 48.3 Å². The van der Waals surface area contributed by atoms with Gasteiger partial charge in [-0.15, -0.1) is 0 Å². The first-order valence-electron chi connectivity index (χ1n) is 7.41. The summed E-state index contributed by atoms with van der Waals surface area (Å²) in [7, 11) is 0. The van der Waals surface area contributed by atoms with Crippen molar-refractivity contribution < 1.29 is 4.79 Å². The molecule has 0 spiro atoms. The predicted molar refractivity (Wildman–Crippen MR) is 82.1 cm³/mol. The maximum Gasteiger partial charge on any atom is 0.319 e. The van der Waals surface area contributed by atoms with Gasteiger partial charge in [0, 0.05) is 24.6 Å². The standard InChI is InChI=1S/C16H20N4O/c21-16(17-11-13-3-1-4-13)19-15-7-5-14(6-8-15)12-20-10-2-9-18-20/h2,5-10,13H,1,3-4,11-12H2,(H2,17,19,21). The van der Waals surface area contributed by atoms with Gasteiger partial charge in [0.2, 0.25) is 0 Å². The molecule has 0 atom stereocenters. The van der Waals surface area contributed by atoms with Gasteiger partial charge in [-0.2, -0.15) is 5.10 Å². The number of anilines is 1. The van der Waals surface area contributed by atoms with Crippen molar-refractivity contribution in [1.29, 1.82) is 0 Å². The van der Waals surface area contributed by atoms with E-state index in [9.17, 15) is 4.79 Å². The highest BCUT2D eigenvalue weighted by atomic mass is 16.2. The molecule has 1 saturated carbocycles. The Bertz CT molecular complexity index is 573. The fourth-order valence-electron chi connectivity index (χ4n) is 2.38. The normalized spacial score (nSPS) is 14.5. The van der Waals surface area contributed by atoms with Gasteiger partial charge in [-0.1, -0.05) is 18.6 Å². The first-order chi connectivity index (χ1) is 10.3. The average Bonchev–Trinajstić information content (AvgIpc) is 2.92. The molecule has 5 nitrogen and oxygen atoms in total. The first kappa shape index (κ1) is 13.7. The van der Waals surface area contributed by atoms with E-state index in [-0.39, 0.29) is 6.03 Å². The molecule has 110 valence electrons. The van der Waals surface area contributed by atoms with Crippen LogP contribution in [-0.2, 0) is 6.54 Å². The van der Waals surface area contributed by atoms with Crippen LogP contribution in [0.1, 0.15) is 24.8 Å². The Morgan fingerprint density at radius 2 is 2.10 bits per heavy atom. The van der Waals surface area contributed by atoms with Crippen LogP contribution >= 0.6 is 0 Å². The van der Waals surface area contributed by atoms with Crippen molar-refractivity contribution in [3.8, 4) is 0 Å². The molecule has 3 rings (SSSR count). The molecule has 0 bridgehead atoms. The van der Waals surface area contributed by atoms with E-state index >= 15 is 0 Å². The molecule has 2 aromatic rings. The van der Waals surface area contributed by atoms with Crippen molar-refractivity contribution in [1.82, 2.24) is 15.1 Å². The Morgan fingerprint density at radius 1 is 1.29 bits per heavy atom. The number of carbonyl (C=O) groups excluding carboxylic acids is 1. The molecule has 0 radical (unpaired) electrons. The molecule has 1 heterocycles. The quantitative estimate of drug-likeness (QED) is 0.887. The molecule has 0 aliphatic heterocycles. The number of hydrogen-bond donors (Lipinski definition) is 2. The van der Waals surface area contributed by atoms with Gasteiger partial charge in [-0.3, -0.25) is 4.68 Å². The highest BCUT2D eigenvalue weighted by molar-refractivity contribution is 5.89. The first-order valence-corrected chi connectivity index (χ1v) is 7.41. The lowest BCUT2D eigenvalue weighted by Gasteiger charge is -2.25. The lowest BCUT2D eigenvalue weighted by Crippen LogP contribution is -2.35. The van der Waals surface area contributed by atoms with E-state index in [0.717, 1.165) is 24.3 Å². The summed E-state index contributed by atoms with van der Waals surface area (Å²) >= 11 is 0. The Labute approximate surface area is 124 Å². The van der Waals surface area contributed by atoms with Crippen LogP contribution < -0.4 is 10.6 Å². The second-order valence-electron chi connectivity index (χ2n) is 5.53. The van der Waals surface area contributed by atoms with Crippen molar-refractivity contribution >= 4 is 11.7 Å². The summed E-state index contributed by atoms with van der Waals surface area (Å²) in [5, 5.41) is 9.95. The number of urea groups is 1. The molecule has 5 heteroatoms. The number of carbonyl (C=O) groups is 1. The fraction of sp³-hybridized carbons (Fsp3) is 0.375. The molecule has 0 unspecified atom stereocenters. The molecule has 1 aliphatic rings. The van der Waals surface area contributed by atoms with Crippen LogP contribution in [-0.4, -0.2) is 22.4 Å². The number of nitrogens with one attached hydrogen (secondary N) is 2. The van der Waals surface area contributed by atoms with Crippen molar-refractivity contribution in [3.63, 3.8) is 0 Å². The van der Waals surface area contributed by atoms with Gasteiger partial charge in [0.25, 0.3) is 0 Å². The van der Waals surface area contributed by atoms with E-state index in [0.29, 0.717) is 5.92 Å². The van der Waals surface area contributed by atoms with Crippen LogP contribution in [0.3, 0.4) is 0 Å². The molecule has 1 aromatic heterocycles.